The van der Waals surface area contributed by atoms with Crippen molar-refractivity contribution in [3.8, 4) is 6.07 Å². The first-order valence-corrected chi connectivity index (χ1v) is 33.2. The zero-order valence-electron chi connectivity index (χ0n) is 58.2. The van der Waals surface area contributed by atoms with Gasteiger partial charge in [0.15, 0.2) is 6.29 Å². The number of carbonyl (C=O) groups excluding carboxylic acids is 7. The Labute approximate surface area is 543 Å². The van der Waals surface area contributed by atoms with E-state index in [1.54, 1.807) is 48.5 Å². The number of hydrogen-bond acceptors (Lipinski definition) is 21. The molecule has 6 N–H and O–H groups in total. The standard InChI is InChI=1S/C45H80N2O11.C22H40N2O9/c1-14-18-20-21-25-56-39(52)45(10,32-43(8,30-41(6,17-4)33-46)38(51)58-28-27-54-13)34(5)44(9,40(53)57-26-23-47(11)12)31-42(7,37(50)55-24-19-15-2)29-35(22-16-3)36(48)49;1-3-18(28)23-10-13-31-12-9-16(27)8-6-4-5-7-11-32-22-19(24-15(2)26)21(30)20(29)17(14-25)33-22/h34-35H,14-32H2,1-13H3,(H,48,49);17,19-22,25,29-30H,3-14H2,1-2H3,(H,23,28)(H,24,26)/t;17-,19+,20+,21-,22-/m.1/s1. The Morgan fingerprint density at radius 2 is 1.22 bits per heavy atom. The van der Waals surface area contributed by atoms with Crippen LogP contribution in [0.1, 0.15) is 212 Å². The minimum absolute atomic E-state index is 0.0124. The van der Waals surface area contributed by atoms with E-state index < -0.39 is 112 Å². The molecular weight excluding hydrogens is 1180 g/mol. The summed E-state index contributed by atoms with van der Waals surface area (Å²) in [6, 6.07) is 1.42. The number of hydrogen-bond donors (Lipinski definition) is 6. The monoisotopic (exact) mass is 1300 g/mol. The maximum Gasteiger partial charge on any atom is 0.312 e. The number of unbranched alkanes of at least 4 members (excludes halogenated alkanes) is 7. The number of ketones is 1. The molecule has 7 unspecified atom stereocenters. The summed E-state index contributed by atoms with van der Waals surface area (Å²) in [4.78, 5) is 107. The maximum atomic E-state index is 14.8. The fraction of sp³-hybridized carbons (Fsp3) is 0.866. The van der Waals surface area contributed by atoms with Crippen LogP contribution in [0.3, 0.4) is 0 Å². The number of aliphatic hydroxyl groups excluding tert-OH is 3. The summed E-state index contributed by atoms with van der Waals surface area (Å²) >= 11 is 0. The molecule has 1 rings (SSSR count). The van der Waals surface area contributed by atoms with Gasteiger partial charge in [0.2, 0.25) is 11.8 Å². The van der Waals surface area contributed by atoms with Gasteiger partial charge in [-0.05, 0) is 119 Å². The molecule has 1 fully saturated rings. The molecule has 2 amide bonds. The van der Waals surface area contributed by atoms with Crippen LogP contribution in [-0.4, -0.2) is 197 Å². The highest BCUT2D eigenvalue weighted by Gasteiger charge is 2.60. The molecule has 0 aromatic heterocycles. The molecule has 12 atom stereocenters. The first kappa shape index (κ1) is 86.1. The number of nitrogens with zero attached hydrogens (tertiary/aromatic N) is 2. The Kier molecular flexibility index (Phi) is 43.0. The molecule has 24 heteroatoms. The average Bonchev–Trinajstić information content (AvgIpc) is 0.788. The van der Waals surface area contributed by atoms with E-state index in [0.717, 1.165) is 44.9 Å². The summed E-state index contributed by atoms with van der Waals surface area (Å²) in [5.74, 6) is -5.83. The van der Waals surface area contributed by atoms with Gasteiger partial charge in [-0.1, -0.05) is 86.5 Å². The van der Waals surface area contributed by atoms with Gasteiger partial charge >= 0.3 is 29.8 Å². The number of methoxy groups -OCH3 is 1. The number of carboxylic acids is 1. The van der Waals surface area contributed by atoms with Crippen LogP contribution in [-0.2, 0) is 76.3 Å². The normalized spacial score (nSPS) is 20.4. The van der Waals surface area contributed by atoms with Crippen LogP contribution < -0.4 is 10.6 Å². The Morgan fingerprint density at radius 3 is 1.77 bits per heavy atom. The van der Waals surface area contributed by atoms with Gasteiger partial charge in [-0.15, -0.1) is 0 Å². The average molecular weight is 1300 g/mol. The number of carboxylic acid groups (broad SMARTS) is 1. The third-order valence-corrected chi connectivity index (χ3v) is 17.4. The van der Waals surface area contributed by atoms with Crippen molar-refractivity contribution in [1.82, 2.24) is 15.5 Å². The zero-order chi connectivity index (χ0) is 69.4. The number of ether oxygens (including phenoxy) is 8. The second kappa shape index (κ2) is 45.5. The molecule has 0 radical (unpaired) electrons. The van der Waals surface area contributed by atoms with Crippen molar-refractivity contribution >= 4 is 47.4 Å². The largest absolute Gasteiger partial charge is 0.481 e. The fourth-order valence-electron chi connectivity index (χ4n) is 11.5. The number of nitriles is 1. The first-order chi connectivity index (χ1) is 42.8. The van der Waals surface area contributed by atoms with Crippen molar-refractivity contribution in [2.45, 2.75) is 242 Å². The quantitative estimate of drug-likeness (QED) is 0.0192. The first-order valence-electron chi connectivity index (χ1n) is 33.2. The van der Waals surface area contributed by atoms with Gasteiger partial charge in [0.1, 0.15) is 43.4 Å². The molecule has 1 heterocycles. The molecule has 1 aliphatic heterocycles. The Balaban J connectivity index is 0.00000207. The third-order valence-electron chi connectivity index (χ3n) is 17.4. The lowest BCUT2D eigenvalue weighted by Crippen LogP contribution is -2.64. The Bertz CT molecular complexity index is 2200. The van der Waals surface area contributed by atoms with Gasteiger partial charge in [0.05, 0.1) is 78.7 Å². The number of nitrogens with one attached hydrogen (secondary N) is 2. The minimum Gasteiger partial charge on any atom is -0.481 e. The van der Waals surface area contributed by atoms with Gasteiger partial charge in [0.25, 0.3) is 0 Å². The van der Waals surface area contributed by atoms with E-state index in [9.17, 15) is 64.0 Å². The summed E-state index contributed by atoms with van der Waals surface area (Å²) < 4.78 is 45.2. The number of amides is 2. The maximum absolute atomic E-state index is 14.8. The summed E-state index contributed by atoms with van der Waals surface area (Å²) in [7, 11) is 5.16. The van der Waals surface area contributed by atoms with Crippen molar-refractivity contribution in [3.05, 3.63) is 0 Å². The SMILES string of the molecule is CCC(=O)NCCOCCC(=O)CCCCCCO[C@@H]1O[C@H](CO)[C@H](O)[C@H](O)[C@@H]1NC(C)=O.CCCCCCOC(=O)C(C)(CC(C)(CC(C)(C#N)CC)C(=O)OCCOC)C(C)C(C)(CC(C)(CC(CCC)C(=O)O)C(=O)OCCCC)C(=O)OCCN(C)C. The Hall–Kier alpha value is -4.87. The summed E-state index contributed by atoms with van der Waals surface area (Å²) in [5.41, 5.74) is -7.18. The van der Waals surface area contributed by atoms with Gasteiger partial charge in [-0.3, -0.25) is 38.4 Å². The number of aliphatic hydroxyl groups is 3. The van der Waals surface area contributed by atoms with Crippen molar-refractivity contribution in [3.63, 3.8) is 0 Å². The molecule has 0 aromatic rings. The van der Waals surface area contributed by atoms with Gasteiger partial charge in [0, 0.05) is 53.0 Å². The highest BCUT2D eigenvalue weighted by atomic mass is 16.7. The molecule has 91 heavy (non-hydrogen) atoms. The molecule has 1 saturated heterocycles. The van der Waals surface area contributed by atoms with E-state index >= 15 is 0 Å². The summed E-state index contributed by atoms with van der Waals surface area (Å²) in [5, 5.41) is 55.3. The van der Waals surface area contributed by atoms with Crippen LogP contribution in [0.15, 0.2) is 0 Å². The Morgan fingerprint density at radius 1 is 0.659 bits per heavy atom. The molecule has 1 aliphatic rings. The van der Waals surface area contributed by atoms with Crippen LogP contribution in [0.2, 0.25) is 0 Å². The van der Waals surface area contributed by atoms with Gasteiger partial charge in [-0.25, -0.2) is 0 Å². The molecular formula is C67H120N4O20. The van der Waals surface area contributed by atoms with E-state index in [1.165, 1.54) is 14.0 Å². The molecule has 0 aromatic carbocycles. The lowest BCUT2D eigenvalue weighted by Gasteiger charge is -2.49. The fourth-order valence-corrected chi connectivity index (χ4v) is 11.5. The molecule has 0 aliphatic carbocycles. The van der Waals surface area contributed by atoms with E-state index in [4.69, 9.17) is 37.9 Å². The van der Waals surface area contributed by atoms with Crippen LogP contribution >= 0.6 is 0 Å². The van der Waals surface area contributed by atoms with Crippen LogP contribution in [0.25, 0.3) is 0 Å². The minimum atomic E-state index is -1.64. The zero-order valence-corrected chi connectivity index (χ0v) is 58.2. The van der Waals surface area contributed by atoms with Crippen molar-refractivity contribution in [2.75, 3.05) is 93.8 Å². The molecule has 0 spiro atoms. The smallest absolute Gasteiger partial charge is 0.312 e. The number of likely N-dealkylation sites (N-methyl/N-ethyl adjacent to an activating group) is 1. The van der Waals surface area contributed by atoms with Crippen LogP contribution in [0.4, 0.5) is 0 Å². The van der Waals surface area contributed by atoms with E-state index in [0.29, 0.717) is 90.7 Å². The van der Waals surface area contributed by atoms with E-state index in [2.05, 4.69) is 23.6 Å². The highest BCUT2D eigenvalue weighted by Crippen LogP contribution is 2.56. The summed E-state index contributed by atoms with van der Waals surface area (Å²) in [6.07, 6.45) is 5.29. The summed E-state index contributed by atoms with van der Waals surface area (Å²) in [6.45, 7) is 22.7. The molecule has 528 valence electrons. The predicted octanol–water partition coefficient (Wildman–Crippen LogP) is 7.81. The van der Waals surface area contributed by atoms with Crippen molar-refractivity contribution in [2.24, 2.45) is 38.9 Å². The number of carbonyl (C=O) groups is 8. The van der Waals surface area contributed by atoms with E-state index in [1.807, 2.05) is 39.8 Å². The lowest BCUT2D eigenvalue weighted by molar-refractivity contribution is -0.270. The highest BCUT2D eigenvalue weighted by molar-refractivity contribution is 5.85. The van der Waals surface area contributed by atoms with Gasteiger partial charge < -0.3 is 73.9 Å². The van der Waals surface area contributed by atoms with Crippen molar-refractivity contribution < 1.29 is 96.7 Å². The number of esters is 4. The van der Waals surface area contributed by atoms with Crippen LogP contribution in [0, 0.1) is 50.2 Å². The topological polar surface area (TPSA) is 342 Å². The van der Waals surface area contributed by atoms with E-state index in [-0.39, 0.29) is 70.4 Å². The number of Topliss-reactive ketones (excluding diaryl/α,β-unsaturated/α-hetero) is 1. The van der Waals surface area contributed by atoms with Gasteiger partial charge in [-0.2, -0.15) is 5.26 Å². The predicted molar refractivity (Wildman–Crippen MR) is 342 cm³/mol. The lowest BCUT2D eigenvalue weighted by atomic mass is 9.54. The third kappa shape index (κ3) is 31.3. The van der Waals surface area contributed by atoms with Crippen LogP contribution in [0.5, 0.6) is 0 Å². The number of aliphatic carboxylic acids is 1. The molecule has 24 nitrogen and oxygen atoms in total. The second-order valence-electron chi connectivity index (χ2n) is 26.1. The molecule has 0 bridgehead atoms. The molecule has 0 saturated carbocycles. The van der Waals surface area contributed by atoms with Crippen molar-refractivity contribution in [1.29, 1.82) is 5.26 Å². The second-order valence-corrected chi connectivity index (χ2v) is 26.1. The number of rotatable bonds is 49.